The van der Waals surface area contributed by atoms with Gasteiger partial charge < -0.3 is 4.90 Å². The summed E-state index contributed by atoms with van der Waals surface area (Å²) in [5.74, 6) is 0. The van der Waals surface area contributed by atoms with Gasteiger partial charge in [0.2, 0.25) is 0 Å². The first-order valence-electron chi connectivity index (χ1n) is 22.2. The van der Waals surface area contributed by atoms with Crippen LogP contribution in [0.15, 0.2) is 237 Å². The van der Waals surface area contributed by atoms with Gasteiger partial charge in [0.25, 0.3) is 0 Å². The van der Waals surface area contributed by atoms with Crippen molar-refractivity contribution in [3.05, 3.63) is 270 Å². The maximum Gasteiger partial charge on any atom is 0.0715 e. The lowest BCUT2D eigenvalue weighted by molar-refractivity contribution is 0.660. The molecule has 0 atom stereocenters. The summed E-state index contributed by atoms with van der Waals surface area (Å²) in [6, 6.07) is 87.8. The predicted octanol–water partition coefficient (Wildman–Crippen LogP) is 17.0. The van der Waals surface area contributed by atoms with Crippen molar-refractivity contribution in [2.75, 3.05) is 4.90 Å². The number of anilines is 3. The Morgan fingerprint density at radius 2 is 0.953 bits per heavy atom. The Bertz CT molecular complexity index is 3470. The lowest BCUT2D eigenvalue weighted by Crippen LogP contribution is -2.31. The number of benzene rings is 10. The van der Waals surface area contributed by atoms with Crippen LogP contribution in [0.3, 0.4) is 0 Å². The van der Waals surface area contributed by atoms with Crippen molar-refractivity contribution < 1.29 is 0 Å². The number of nitrogens with zero attached hydrogens (tertiary/aromatic N) is 1. The van der Waals surface area contributed by atoms with Crippen LogP contribution >= 0.6 is 11.3 Å². The lowest BCUT2D eigenvalue weighted by Gasteiger charge is -2.37. The Morgan fingerprint density at radius 3 is 1.70 bits per heavy atom. The van der Waals surface area contributed by atoms with Crippen molar-refractivity contribution in [3.63, 3.8) is 0 Å². The zero-order valence-corrected chi connectivity index (χ0v) is 36.7. The Morgan fingerprint density at radius 1 is 0.391 bits per heavy atom. The van der Waals surface area contributed by atoms with Gasteiger partial charge in [-0.1, -0.05) is 202 Å². The van der Waals surface area contributed by atoms with Crippen LogP contribution in [0.1, 0.15) is 47.2 Å². The van der Waals surface area contributed by atoms with Gasteiger partial charge in [0.05, 0.1) is 5.41 Å². The molecular formula is C62H45NS. The molecule has 1 aliphatic carbocycles. The van der Waals surface area contributed by atoms with E-state index in [0.717, 1.165) is 17.1 Å². The summed E-state index contributed by atoms with van der Waals surface area (Å²) < 4.78 is 2.62. The summed E-state index contributed by atoms with van der Waals surface area (Å²) in [5.41, 5.74) is 15.4. The Hall–Kier alpha value is -7.52. The first-order valence-corrected chi connectivity index (χ1v) is 23.1. The molecule has 0 amide bonds. The SMILES string of the molecule is CC1(C)c2ccccc2-c2ccc(N(c3ccc(-c4ccc5ccccc5c4)cc3)c3ccc(C(c4ccccc4)(c4ccccc4)c4cccc5c4sc4ccccc45)cc3)cc21. The van der Waals surface area contributed by atoms with Gasteiger partial charge in [-0.25, -0.2) is 0 Å². The highest BCUT2D eigenvalue weighted by molar-refractivity contribution is 7.26. The standard InChI is InChI=1S/C62H45NS/c1-61(2)56-25-13-11-22-52(56)53-39-38-51(41-58(53)61)63(49-34-30-43(31-35-49)45-29-28-42-16-9-10-17-44(42)40-45)50-36-32-48(33-37-50)62(46-18-5-3-6-19-46,47-20-7-4-8-21-47)57-26-15-24-55-54-23-12-14-27-59(54)64-60(55)57/h3-41H,1-2H3. The van der Waals surface area contributed by atoms with E-state index in [9.17, 15) is 0 Å². The van der Waals surface area contributed by atoms with Gasteiger partial charge in [-0.05, 0) is 115 Å². The number of rotatable bonds is 8. The molecule has 0 saturated heterocycles. The van der Waals surface area contributed by atoms with Gasteiger partial charge in [-0.15, -0.1) is 11.3 Å². The molecule has 12 rings (SSSR count). The molecule has 0 spiro atoms. The maximum absolute atomic E-state index is 2.44. The summed E-state index contributed by atoms with van der Waals surface area (Å²) in [6.07, 6.45) is 0. The van der Waals surface area contributed by atoms with E-state index < -0.39 is 5.41 Å². The van der Waals surface area contributed by atoms with Crippen LogP contribution in [0.25, 0.3) is 53.2 Å². The van der Waals surface area contributed by atoms with E-state index in [1.54, 1.807) is 0 Å². The summed E-state index contributed by atoms with van der Waals surface area (Å²) in [5, 5.41) is 5.10. The monoisotopic (exact) mass is 835 g/mol. The largest absolute Gasteiger partial charge is 0.310 e. The lowest BCUT2D eigenvalue weighted by atomic mass is 9.65. The molecule has 11 aromatic rings. The molecule has 10 aromatic carbocycles. The van der Waals surface area contributed by atoms with Gasteiger partial charge in [0.15, 0.2) is 0 Å². The fourth-order valence-electron chi connectivity index (χ4n) is 10.7. The van der Waals surface area contributed by atoms with Gasteiger partial charge >= 0.3 is 0 Å². The molecule has 0 radical (unpaired) electrons. The van der Waals surface area contributed by atoms with E-state index in [1.807, 2.05) is 11.3 Å². The topological polar surface area (TPSA) is 3.24 Å². The number of hydrogen-bond acceptors (Lipinski definition) is 2. The molecule has 1 aromatic heterocycles. The first kappa shape index (κ1) is 38.2. The van der Waals surface area contributed by atoms with E-state index in [2.05, 4.69) is 255 Å². The normalized spacial score (nSPS) is 13.0. The van der Waals surface area contributed by atoms with Crippen molar-refractivity contribution in [1.29, 1.82) is 0 Å². The molecule has 2 heteroatoms. The smallest absolute Gasteiger partial charge is 0.0715 e. The maximum atomic E-state index is 2.44. The van der Waals surface area contributed by atoms with Crippen molar-refractivity contribution >= 4 is 59.3 Å². The van der Waals surface area contributed by atoms with Crippen LogP contribution in [-0.4, -0.2) is 0 Å². The number of thiophene rings is 1. The van der Waals surface area contributed by atoms with Crippen LogP contribution in [-0.2, 0) is 10.8 Å². The molecule has 64 heavy (non-hydrogen) atoms. The Balaban J connectivity index is 1.05. The van der Waals surface area contributed by atoms with Crippen LogP contribution in [0.4, 0.5) is 17.1 Å². The zero-order valence-electron chi connectivity index (χ0n) is 35.9. The minimum Gasteiger partial charge on any atom is -0.310 e. The predicted molar refractivity (Wildman–Crippen MR) is 273 cm³/mol. The van der Waals surface area contributed by atoms with Crippen LogP contribution in [0, 0.1) is 0 Å². The summed E-state index contributed by atoms with van der Waals surface area (Å²) in [7, 11) is 0. The van der Waals surface area contributed by atoms with Crippen LogP contribution in [0.2, 0.25) is 0 Å². The number of hydrogen-bond donors (Lipinski definition) is 0. The van der Waals surface area contributed by atoms with Gasteiger partial charge in [-0.3, -0.25) is 0 Å². The average Bonchev–Trinajstić information content (AvgIpc) is 3.85. The van der Waals surface area contributed by atoms with Crippen molar-refractivity contribution in [1.82, 2.24) is 0 Å². The molecule has 0 saturated carbocycles. The van der Waals surface area contributed by atoms with E-state index in [0.29, 0.717) is 0 Å². The Kier molecular flexibility index (Phi) is 9.00. The van der Waals surface area contributed by atoms with E-state index in [4.69, 9.17) is 0 Å². The fraction of sp³-hybridized carbons (Fsp3) is 0.0645. The highest BCUT2D eigenvalue weighted by Gasteiger charge is 2.40. The number of fused-ring (bicyclic) bond motifs is 7. The van der Waals surface area contributed by atoms with Crippen LogP contribution in [0.5, 0.6) is 0 Å². The minimum atomic E-state index is -0.600. The zero-order chi connectivity index (χ0) is 42.8. The van der Waals surface area contributed by atoms with E-state index >= 15 is 0 Å². The molecule has 1 nitrogen and oxygen atoms in total. The highest BCUT2D eigenvalue weighted by Crippen LogP contribution is 2.53. The van der Waals surface area contributed by atoms with Gasteiger partial charge in [0, 0.05) is 42.6 Å². The minimum absolute atomic E-state index is 0.129. The second kappa shape index (κ2) is 15.1. The Labute approximate surface area is 379 Å². The molecule has 0 fully saturated rings. The van der Waals surface area contributed by atoms with Gasteiger partial charge in [-0.2, -0.15) is 0 Å². The van der Waals surface area contributed by atoms with Gasteiger partial charge in [0.1, 0.15) is 0 Å². The third-order valence-corrected chi connectivity index (χ3v) is 15.0. The summed E-state index contributed by atoms with van der Waals surface area (Å²) in [6.45, 7) is 4.73. The third-order valence-electron chi connectivity index (χ3n) is 13.8. The molecule has 1 heterocycles. The van der Waals surface area contributed by atoms with Crippen LogP contribution < -0.4 is 4.90 Å². The second-order valence-electron chi connectivity index (χ2n) is 17.7. The first-order chi connectivity index (χ1) is 31.5. The molecular weight excluding hydrogens is 791 g/mol. The molecule has 1 aliphatic rings. The summed E-state index contributed by atoms with van der Waals surface area (Å²) in [4.78, 5) is 2.44. The molecule has 304 valence electrons. The third kappa shape index (κ3) is 5.98. The summed E-state index contributed by atoms with van der Waals surface area (Å²) >= 11 is 1.90. The van der Waals surface area contributed by atoms with Crippen molar-refractivity contribution in [3.8, 4) is 22.3 Å². The van der Waals surface area contributed by atoms with E-state index in [1.165, 1.54) is 86.6 Å². The highest BCUT2D eigenvalue weighted by atomic mass is 32.1. The fourth-order valence-corrected chi connectivity index (χ4v) is 12.0. The molecule has 0 unspecified atom stereocenters. The molecule has 0 bridgehead atoms. The second-order valence-corrected chi connectivity index (χ2v) is 18.7. The average molecular weight is 836 g/mol. The van der Waals surface area contributed by atoms with E-state index in [-0.39, 0.29) is 5.41 Å². The molecule has 0 aliphatic heterocycles. The van der Waals surface area contributed by atoms with Crippen molar-refractivity contribution in [2.45, 2.75) is 24.7 Å². The quantitative estimate of drug-likeness (QED) is 0.138. The van der Waals surface area contributed by atoms with Crippen molar-refractivity contribution in [2.24, 2.45) is 0 Å². The molecule has 0 N–H and O–H groups in total.